The average Bonchev–Trinajstić information content (AvgIpc) is 3.27. The smallest absolute Gasteiger partial charge is 0.261 e. The highest BCUT2D eigenvalue weighted by Crippen LogP contribution is 2.34. The van der Waals surface area contributed by atoms with Gasteiger partial charge in [0, 0.05) is 11.9 Å². The van der Waals surface area contributed by atoms with E-state index in [1.165, 1.54) is 13.2 Å². The maximum Gasteiger partial charge on any atom is 0.261 e. The summed E-state index contributed by atoms with van der Waals surface area (Å²) in [5.74, 6) is 1.65. The molecular weight excluding hydrogens is 428 g/mol. The predicted molar refractivity (Wildman–Crippen MR) is 121 cm³/mol. The maximum atomic E-state index is 12.7. The van der Waals surface area contributed by atoms with Gasteiger partial charge in [-0.15, -0.1) is 0 Å². The third-order valence-electron chi connectivity index (χ3n) is 5.30. The first-order valence-corrected chi connectivity index (χ1v) is 10.7. The van der Waals surface area contributed by atoms with Crippen molar-refractivity contribution in [3.05, 3.63) is 57.9 Å². The number of hydrogen-bond acceptors (Lipinski definition) is 7. The Morgan fingerprint density at radius 2 is 2.03 bits per heavy atom. The molecule has 0 fully saturated rings. The number of amides is 1. The van der Waals surface area contributed by atoms with Crippen LogP contribution in [0.25, 0.3) is 10.9 Å². The van der Waals surface area contributed by atoms with Gasteiger partial charge in [0.15, 0.2) is 23.0 Å². The Morgan fingerprint density at radius 1 is 1.21 bits per heavy atom. The zero-order valence-electron chi connectivity index (χ0n) is 18.5. The van der Waals surface area contributed by atoms with Gasteiger partial charge in [-0.3, -0.25) is 9.59 Å². The Morgan fingerprint density at radius 3 is 2.82 bits per heavy atom. The van der Waals surface area contributed by atoms with Crippen LogP contribution in [0.5, 0.6) is 23.0 Å². The molecule has 4 rings (SSSR count). The summed E-state index contributed by atoms with van der Waals surface area (Å²) in [7, 11) is 1.51. The van der Waals surface area contributed by atoms with Gasteiger partial charge in [0.05, 0.1) is 25.3 Å². The number of aromatic amines is 1. The van der Waals surface area contributed by atoms with Crippen LogP contribution in [0.1, 0.15) is 35.7 Å². The van der Waals surface area contributed by atoms with Crippen molar-refractivity contribution in [3.63, 3.8) is 0 Å². The molecule has 33 heavy (non-hydrogen) atoms. The predicted octanol–water partition coefficient (Wildman–Crippen LogP) is 2.74. The molecule has 0 aliphatic carbocycles. The van der Waals surface area contributed by atoms with Gasteiger partial charge in [-0.1, -0.05) is 6.07 Å². The van der Waals surface area contributed by atoms with Crippen molar-refractivity contribution < 1.29 is 28.8 Å². The lowest BCUT2D eigenvalue weighted by molar-refractivity contribution is 0.0949. The average molecular weight is 454 g/mol. The summed E-state index contributed by atoms with van der Waals surface area (Å²) in [6.45, 7) is 2.47. The highest BCUT2D eigenvalue weighted by molar-refractivity contribution is 5.98. The van der Waals surface area contributed by atoms with Crippen LogP contribution in [-0.2, 0) is 6.54 Å². The fourth-order valence-electron chi connectivity index (χ4n) is 3.58. The Bertz CT molecular complexity index is 1220. The Kier molecular flexibility index (Phi) is 6.69. The van der Waals surface area contributed by atoms with Crippen molar-refractivity contribution in [3.8, 4) is 23.0 Å². The fourth-order valence-corrected chi connectivity index (χ4v) is 3.58. The molecule has 3 aromatic rings. The Labute approximate surface area is 190 Å². The maximum absolute atomic E-state index is 12.7. The molecule has 0 saturated carbocycles. The number of aliphatic hydroxyl groups is 1. The number of H-pyrrole nitrogens is 1. The minimum Gasteiger partial charge on any atom is -0.493 e. The second kappa shape index (κ2) is 9.83. The molecule has 9 nitrogen and oxygen atoms in total. The van der Waals surface area contributed by atoms with Crippen molar-refractivity contribution in [1.82, 2.24) is 10.3 Å². The van der Waals surface area contributed by atoms with Gasteiger partial charge >= 0.3 is 0 Å². The molecule has 1 amide bonds. The lowest BCUT2D eigenvalue weighted by Crippen LogP contribution is -2.29. The van der Waals surface area contributed by atoms with E-state index in [1.54, 1.807) is 31.2 Å². The third-order valence-corrected chi connectivity index (χ3v) is 5.30. The molecule has 1 aliphatic heterocycles. The van der Waals surface area contributed by atoms with Gasteiger partial charge in [0.25, 0.3) is 11.5 Å². The van der Waals surface area contributed by atoms with Crippen molar-refractivity contribution in [2.45, 2.75) is 32.4 Å². The van der Waals surface area contributed by atoms with Crippen LogP contribution >= 0.6 is 0 Å². The minimum atomic E-state index is -0.534. The number of ether oxygens (including phenoxy) is 4. The number of benzene rings is 2. The zero-order chi connectivity index (χ0) is 23.4. The topological polar surface area (TPSA) is 119 Å². The normalized spacial score (nSPS) is 13.1. The zero-order valence-corrected chi connectivity index (χ0v) is 18.5. The second-order valence-electron chi connectivity index (χ2n) is 7.78. The number of aromatic nitrogens is 1. The summed E-state index contributed by atoms with van der Waals surface area (Å²) in [5, 5.41) is 12.8. The highest BCUT2D eigenvalue weighted by atomic mass is 16.7. The molecule has 1 unspecified atom stereocenters. The first-order chi connectivity index (χ1) is 16.0. The standard InChI is InChI=1S/C24H26N2O7/c1-14(27)4-3-9-31-22-19(30-2)8-6-16-11-17(24(29)26-21(16)22)23(28)25-12-15-5-7-18-20(10-15)33-13-32-18/h5-8,10-11,14,27H,3-4,9,12-13H2,1-2H3,(H,25,28)(H,26,29). The van der Waals surface area contributed by atoms with Gasteiger partial charge < -0.3 is 34.4 Å². The number of fused-ring (bicyclic) bond motifs is 2. The monoisotopic (exact) mass is 454 g/mol. The van der Waals surface area contributed by atoms with Crippen LogP contribution in [0.2, 0.25) is 0 Å². The van der Waals surface area contributed by atoms with Gasteiger partial charge in [-0.2, -0.15) is 0 Å². The number of carbonyl (C=O) groups is 1. The van der Waals surface area contributed by atoms with Gasteiger partial charge in [-0.25, -0.2) is 0 Å². The van der Waals surface area contributed by atoms with E-state index >= 15 is 0 Å². The Hall–Kier alpha value is -3.72. The number of carbonyl (C=O) groups excluding carboxylic acids is 1. The Balaban J connectivity index is 1.53. The van der Waals surface area contributed by atoms with E-state index in [0.29, 0.717) is 53.3 Å². The number of rotatable bonds is 9. The summed E-state index contributed by atoms with van der Waals surface area (Å²) >= 11 is 0. The van der Waals surface area contributed by atoms with Crippen LogP contribution in [-0.4, -0.2) is 42.6 Å². The van der Waals surface area contributed by atoms with Crippen LogP contribution in [0, 0.1) is 0 Å². The molecular formula is C24H26N2O7. The number of nitrogens with one attached hydrogen (secondary N) is 2. The minimum absolute atomic E-state index is 0.00605. The van der Waals surface area contributed by atoms with Crippen LogP contribution < -0.4 is 29.8 Å². The van der Waals surface area contributed by atoms with Crippen molar-refractivity contribution in [2.24, 2.45) is 0 Å². The molecule has 0 spiro atoms. The van der Waals surface area contributed by atoms with E-state index in [1.807, 2.05) is 6.07 Å². The van der Waals surface area contributed by atoms with E-state index in [9.17, 15) is 14.7 Å². The van der Waals surface area contributed by atoms with E-state index in [2.05, 4.69) is 10.3 Å². The molecule has 174 valence electrons. The lowest BCUT2D eigenvalue weighted by Gasteiger charge is -2.14. The van der Waals surface area contributed by atoms with Gasteiger partial charge in [-0.05, 0) is 55.7 Å². The summed E-state index contributed by atoms with van der Waals surface area (Å²) in [5.41, 5.74) is 0.729. The lowest BCUT2D eigenvalue weighted by atomic mass is 10.1. The fraction of sp³-hybridized carbons (Fsp3) is 0.333. The van der Waals surface area contributed by atoms with E-state index in [-0.39, 0.29) is 18.9 Å². The quantitative estimate of drug-likeness (QED) is 0.425. The summed E-state index contributed by atoms with van der Waals surface area (Å²) < 4.78 is 21.9. The number of pyridine rings is 1. The van der Waals surface area contributed by atoms with Gasteiger partial charge in [0.1, 0.15) is 5.56 Å². The summed E-state index contributed by atoms with van der Waals surface area (Å²) in [6, 6.07) is 10.4. The second-order valence-corrected chi connectivity index (χ2v) is 7.78. The van der Waals surface area contributed by atoms with Gasteiger partial charge in [0.2, 0.25) is 6.79 Å². The molecule has 2 aromatic carbocycles. The first-order valence-electron chi connectivity index (χ1n) is 10.7. The molecule has 0 radical (unpaired) electrons. The molecule has 1 atom stereocenters. The van der Waals surface area contributed by atoms with Crippen molar-refractivity contribution in [1.29, 1.82) is 0 Å². The molecule has 1 aliphatic rings. The molecule has 9 heteroatoms. The van der Waals surface area contributed by atoms with E-state index in [0.717, 1.165) is 5.56 Å². The summed E-state index contributed by atoms with van der Waals surface area (Å²) in [4.78, 5) is 28.2. The van der Waals surface area contributed by atoms with Crippen LogP contribution in [0.4, 0.5) is 0 Å². The van der Waals surface area contributed by atoms with Crippen molar-refractivity contribution >= 4 is 16.8 Å². The van der Waals surface area contributed by atoms with Crippen LogP contribution in [0.3, 0.4) is 0 Å². The van der Waals surface area contributed by atoms with E-state index < -0.39 is 17.6 Å². The van der Waals surface area contributed by atoms with Crippen molar-refractivity contribution in [2.75, 3.05) is 20.5 Å². The number of aliphatic hydroxyl groups excluding tert-OH is 1. The largest absolute Gasteiger partial charge is 0.493 e. The first kappa shape index (κ1) is 22.5. The molecule has 2 heterocycles. The van der Waals surface area contributed by atoms with E-state index in [4.69, 9.17) is 18.9 Å². The summed E-state index contributed by atoms with van der Waals surface area (Å²) in [6.07, 6.45) is 0.820. The highest BCUT2D eigenvalue weighted by Gasteiger charge is 2.18. The third kappa shape index (κ3) is 5.04. The van der Waals surface area contributed by atoms with Crippen LogP contribution in [0.15, 0.2) is 41.2 Å². The number of methoxy groups -OCH3 is 1. The molecule has 0 saturated heterocycles. The molecule has 3 N–H and O–H groups in total. The SMILES string of the molecule is COc1ccc2cc(C(=O)NCc3ccc4c(c3)OCO4)c(=O)[nH]c2c1OCCCC(C)O. The number of hydrogen-bond donors (Lipinski definition) is 3. The molecule has 1 aromatic heterocycles. The molecule has 0 bridgehead atoms.